The van der Waals surface area contributed by atoms with E-state index in [1.54, 1.807) is 38.1 Å². The van der Waals surface area contributed by atoms with Crippen LogP contribution in [0.5, 0.6) is 0 Å². The monoisotopic (exact) mass is 389 g/mol. The number of carbonyl (C=O) groups excluding carboxylic acids is 4. The van der Waals surface area contributed by atoms with Gasteiger partial charge < -0.3 is 14.2 Å². The number of anilines is 1. The molecule has 1 aliphatic heterocycles. The van der Waals surface area contributed by atoms with E-state index in [1.807, 2.05) is 0 Å². The van der Waals surface area contributed by atoms with E-state index in [-0.39, 0.29) is 37.4 Å². The molecule has 28 heavy (non-hydrogen) atoms. The summed E-state index contributed by atoms with van der Waals surface area (Å²) in [6, 6.07) is 5.38. The Hall–Kier alpha value is -2.74. The first-order valence-electron chi connectivity index (χ1n) is 9.24. The van der Waals surface area contributed by atoms with Crippen LogP contribution in [0.1, 0.15) is 37.0 Å². The summed E-state index contributed by atoms with van der Waals surface area (Å²) in [4.78, 5) is 53.3. The van der Waals surface area contributed by atoms with E-state index in [2.05, 4.69) is 0 Å². The second-order valence-electron chi connectivity index (χ2n) is 6.69. The smallest absolute Gasteiger partial charge is 0.414 e. The number of esters is 1. The van der Waals surface area contributed by atoms with Crippen LogP contribution in [0, 0.1) is 5.41 Å². The summed E-state index contributed by atoms with van der Waals surface area (Å²) in [7, 11) is 1.34. The molecule has 150 valence electrons. The molecular weight excluding hydrogens is 366 g/mol. The maximum atomic E-state index is 13.6. The first-order valence-corrected chi connectivity index (χ1v) is 9.24. The van der Waals surface area contributed by atoms with Crippen molar-refractivity contribution in [3.8, 4) is 0 Å². The van der Waals surface area contributed by atoms with Crippen LogP contribution in [0.2, 0.25) is 0 Å². The third-order valence-electron chi connectivity index (χ3n) is 5.33. The summed E-state index contributed by atoms with van der Waals surface area (Å²) in [5, 5.41) is 0. The fraction of sp³-hybridized carbons (Fsp3) is 0.500. The number of ketones is 2. The molecule has 0 saturated heterocycles. The summed E-state index contributed by atoms with van der Waals surface area (Å²) < 4.78 is 15.9. The minimum atomic E-state index is -1.83. The van der Waals surface area contributed by atoms with Crippen molar-refractivity contribution in [2.45, 2.75) is 38.8 Å². The molecule has 3 rings (SSSR count). The van der Waals surface area contributed by atoms with Crippen molar-refractivity contribution in [3.05, 3.63) is 29.8 Å². The molecule has 0 bridgehead atoms. The maximum Gasteiger partial charge on any atom is 0.414 e. The van der Waals surface area contributed by atoms with Crippen molar-refractivity contribution in [1.82, 2.24) is 0 Å². The number of ether oxygens (including phenoxy) is 3. The summed E-state index contributed by atoms with van der Waals surface area (Å²) in [6.07, 6.45) is -2.06. The van der Waals surface area contributed by atoms with Gasteiger partial charge in [0, 0.05) is 25.5 Å². The van der Waals surface area contributed by atoms with Crippen LogP contribution in [0.4, 0.5) is 10.5 Å². The number of Topliss-reactive ketones (excluding diaryl/α,β-unsaturated/α-hetero) is 2. The molecule has 1 aliphatic carbocycles. The SMILES string of the molecule is CCOC(=O)N1c2ccccc2C(=O)[C@]2(C(=O)OCC)[C@@H]1CC(=O)C[C@H]2OC. The number of hydrogen-bond donors (Lipinski definition) is 0. The molecule has 8 heteroatoms. The lowest BCUT2D eigenvalue weighted by atomic mass is 9.61. The Bertz CT molecular complexity index is 821. The minimum Gasteiger partial charge on any atom is -0.465 e. The van der Waals surface area contributed by atoms with E-state index in [4.69, 9.17) is 14.2 Å². The molecule has 0 spiro atoms. The number of nitrogens with zero attached hydrogens (tertiary/aromatic N) is 1. The van der Waals surface area contributed by atoms with Crippen LogP contribution in [0.3, 0.4) is 0 Å². The van der Waals surface area contributed by atoms with Crippen molar-refractivity contribution in [2.75, 3.05) is 25.2 Å². The number of hydrogen-bond acceptors (Lipinski definition) is 7. The molecule has 1 heterocycles. The highest BCUT2D eigenvalue weighted by atomic mass is 16.6. The van der Waals surface area contributed by atoms with Gasteiger partial charge in [0.2, 0.25) is 0 Å². The Morgan fingerprint density at radius 1 is 1.11 bits per heavy atom. The molecule has 8 nitrogen and oxygen atoms in total. The van der Waals surface area contributed by atoms with Gasteiger partial charge in [0.1, 0.15) is 5.78 Å². The summed E-state index contributed by atoms with van der Waals surface area (Å²) in [5.41, 5.74) is -1.34. The van der Waals surface area contributed by atoms with Crippen molar-refractivity contribution < 1.29 is 33.4 Å². The van der Waals surface area contributed by atoms with Gasteiger partial charge >= 0.3 is 12.1 Å². The Labute approximate surface area is 162 Å². The Balaban J connectivity index is 2.30. The predicted octanol–water partition coefficient (Wildman–Crippen LogP) is 2.14. The van der Waals surface area contributed by atoms with Gasteiger partial charge in [-0.15, -0.1) is 0 Å². The molecule has 0 aromatic heterocycles. The molecule has 0 N–H and O–H groups in total. The molecule has 3 atom stereocenters. The summed E-state index contributed by atoms with van der Waals surface area (Å²) >= 11 is 0. The number of para-hydroxylation sites is 1. The molecule has 0 unspecified atom stereocenters. The van der Waals surface area contributed by atoms with Crippen LogP contribution >= 0.6 is 0 Å². The maximum absolute atomic E-state index is 13.6. The second-order valence-corrected chi connectivity index (χ2v) is 6.69. The van der Waals surface area contributed by atoms with E-state index >= 15 is 0 Å². The Morgan fingerprint density at radius 2 is 1.79 bits per heavy atom. The van der Waals surface area contributed by atoms with E-state index in [0.29, 0.717) is 5.69 Å². The van der Waals surface area contributed by atoms with Gasteiger partial charge in [-0.1, -0.05) is 12.1 Å². The van der Waals surface area contributed by atoms with Gasteiger partial charge in [-0.3, -0.25) is 19.3 Å². The fourth-order valence-electron chi connectivity index (χ4n) is 4.20. The number of carbonyl (C=O) groups is 4. The van der Waals surface area contributed by atoms with Crippen molar-refractivity contribution in [1.29, 1.82) is 0 Å². The third kappa shape index (κ3) is 2.79. The van der Waals surface area contributed by atoms with Gasteiger partial charge in [-0.05, 0) is 26.0 Å². The zero-order chi connectivity index (χ0) is 20.5. The largest absolute Gasteiger partial charge is 0.465 e. The number of fused-ring (bicyclic) bond motifs is 2. The average molecular weight is 389 g/mol. The van der Waals surface area contributed by atoms with E-state index in [9.17, 15) is 19.2 Å². The highest BCUT2D eigenvalue weighted by Gasteiger charge is 2.67. The van der Waals surface area contributed by atoms with Crippen LogP contribution < -0.4 is 4.90 Å². The van der Waals surface area contributed by atoms with Gasteiger partial charge in [0.15, 0.2) is 11.2 Å². The highest BCUT2D eigenvalue weighted by molar-refractivity contribution is 6.21. The zero-order valence-electron chi connectivity index (χ0n) is 16.1. The number of rotatable bonds is 4. The van der Waals surface area contributed by atoms with Crippen molar-refractivity contribution >= 4 is 29.3 Å². The first-order chi connectivity index (χ1) is 13.4. The Morgan fingerprint density at radius 3 is 2.43 bits per heavy atom. The normalized spacial score (nSPS) is 26.3. The molecule has 2 aliphatic rings. The summed E-state index contributed by atoms with van der Waals surface area (Å²) in [6.45, 7) is 3.43. The van der Waals surface area contributed by atoms with Crippen LogP contribution in [0.25, 0.3) is 0 Å². The third-order valence-corrected chi connectivity index (χ3v) is 5.33. The molecule has 1 amide bonds. The molecule has 1 aromatic rings. The quantitative estimate of drug-likeness (QED) is 0.575. The lowest BCUT2D eigenvalue weighted by molar-refractivity contribution is -0.165. The Kier molecular flexibility index (Phi) is 5.51. The second kappa shape index (κ2) is 7.71. The van der Waals surface area contributed by atoms with E-state index < -0.39 is 35.4 Å². The van der Waals surface area contributed by atoms with Gasteiger partial charge in [-0.25, -0.2) is 4.79 Å². The lowest BCUT2D eigenvalue weighted by Crippen LogP contribution is -2.69. The molecule has 1 aromatic carbocycles. The number of amides is 1. The first kappa shape index (κ1) is 20.0. The molecule has 1 fully saturated rings. The molecular formula is C20H23NO7. The average Bonchev–Trinajstić information content (AvgIpc) is 2.68. The number of methoxy groups -OCH3 is 1. The fourth-order valence-corrected chi connectivity index (χ4v) is 4.20. The predicted molar refractivity (Wildman–Crippen MR) is 98.2 cm³/mol. The molecule has 0 radical (unpaired) electrons. The van der Waals surface area contributed by atoms with Gasteiger partial charge in [0.25, 0.3) is 0 Å². The topological polar surface area (TPSA) is 99.2 Å². The van der Waals surface area contributed by atoms with Crippen LogP contribution in [-0.4, -0.2) is 56.1 Å². The minimum absolute atomic E-state index is 0.0476. The van der Waals surface area contributed by atoms with Gasteiger partial charge in [-0.2, -0.15) is 0 Å². The van der Waals surface area contributed by atoms with Crippen LogP contribution in [-0.2, 0) is 23.8 Å². The van der Waals surface area contributed by atoms with Gasteiger partial charge in [0.05, 0.1) is 31.0 Å². The zero-order valence-corrected chi connectivity index (χ0v) is 16.1. The molecule has 1 saturated carbocycles. The van der Waals surface area contributed by atoms with Crippen molar-refractivity contribution in [2.24, 2.45) is 5.41 Å². The van der Waals surface area contributed by atoms with E-state index in [1.165, 1.54) is 12.0 Å². The number of benzene rings is 1. The standard InChI is InChI=1S/C20H23NO7/c1-4-27-18(24)20-15(10-12(22)11-16(20)26-3)21(19(25)28-5-2)14-9-7-6-8-13(14)17(20)23/h6-9,15-16H,4-5,10-11H2,1-3H3/t15-,16+,20-/m0/s1. The lowest BCUT2D eigenvalue weighted by Gasteiger charge is -2.51. The van der Waals surface area contributed by atoms with Crippen LogP contribution in [0.15, 0.2) is 24.3 Å². The highest BCUT2D eigenvalue weighted by Crippen LogP contribution is 2.50. The van der Waals surface area contributed by atoms with E-state index in [0.717, 1.165) is 0 Å². The summed E-state index contributed by atoms with van der Waals surface area (Å²) in [5.74, 6) is -1.52. The van der Waals surface area contributed by atoms with Crippen molar-refractivity contribution in [3.63, 3.8) is 0 Å².